The molecule has 1 N–H and O–H groups in total. The molecule has 2 aliphatic rings. The summed E-state index contributed by atoms with van der Waals surface area (Å²) in [4.78, 5) is 16.2. The van der Waals surface area contributed by atoms with Crippen molar-refractivity contribution >= 4 is 34.5 Å². The van der Waals surface area contributed by atoms with E-state index in [4.69, 9.17) is 11.6 Å². The molecule has 1 fully saturated rings. The predicted molar refractivity (Wildman–Crippen MR) is 95.1 cm³/mol. The van der Waals surface area contributed by atoms with Crippen molar-refractivity contribution in [3.05, 3.63) is 50.9 Å². The molecule has 1 saturated carbocycles. The zero-order valence-electron chi connectivity index (χ0n) is 13.1. The van der Waals surface area contributed by atoms with Gasteiger partial charge in [-0.05, 0) is 60.4 Å². The SMILES string of the molecule is O=C(CN1CCc2sccc2[C@@H]1C1CC1)Nc1ccc(F)cc1Cl. The van der Waals surface area contributed by atoms with E-state index in [2.05, 4.69) is 21.7 Å². The standard InChI is InChI=1S/C18H18ClFN2OS/c19-14-9-12(20)3-4-15(14)21-17(23)10-22-7-5-16-13(6-8-24-16)18(22)11-1-2-11/h3-4,6,8-9,11,18H,1-2,5,7,10H2,(H,21,23)/t18-/m0/s1. The van der Waals surface area contributed by atoms with Gasteiger partial charge in [0.05, 0.1) is 17.3 Å². The number of benzene rings is 1. The zero-order chi connectivity index (χ0) is 16.7. The number of amides is 1. The Morgan fingerprint density at radius 1 is 1.38 bits per heavy atom. The second-order valence-corrected chi connectivity index (χ2v) is 7.88. The van der Waals surface area contributed by atoms with Crippen LogP contribution in [0.1, 0.15) is 29.3 Å². The maximum absolute atomic E-state index is 13.1. The van der Waals surface area contributed by atoms with E-state index in [0.717, 1.165) is 13.0 Å². The smallest absolute Gasteiger partial charge is 0.238 e. The number of anilines is 1. The maximum Gasteiger partial charge on any atom is 0.238 e. The van der Waals surface area contributed by atoms with Crippen molar-refractivity contribution in [1.29, 1.82) is 0 Å². The molecule has 2 heterocycles. The van der Waals surface area contributed by atoms with Crippen LogP contribution in [0.2, 0.25) is 5.02 Å². The van der Waals surface area contributed by atoms with Crippen LogP contribution in [-0.4, -0.2) is 23.9 Å². The molecule has 0 saturated heterocycles. The van der Waals surface area contributed by atoms with E-state index in [9.17, 15) is 9.18 Å². The number of nitrogens with zero attached hydrogens (tertiary/aromatic N) is 1. The number of rotatable bonds is 4. The number of carbonyl (C=O) groups is 1. The summed E-state index contributed by atoms with van der Waals surface area (Å²) in [7, 11) is 0. The van der Waals surface area contributed by atoms with Crippen molar-refractivity contribution in [2.24, 2.45) is 5.92 Å². The van der Waals surface area contributed by atoms with Crippen LogP contribution in [0.4, 0.5) is 10.1 Å². The van der Waals surface area contributed by atoms with Crippen LogP contribution < -0.4 is 5.32 Å². The third-order valence-electron chi connectivity index (χ3n) is 4.74. The molecule has 1 amide bonds. The van der Waals surface area contributed by atoms with Crippen LogP contribution in [0.25, 0.3) is 0 Å². The van der Waals surface area contributed by atoms with Gasteiger partial charge in [-0.25, -0.2) is 4.39 Å². The van der Waals surface area contributed by atoms with Crippen molar-refractivity contribution in [3.63, 3.8) is 0 Å². The highest BCUT2D eigenvalue weighted by molar-refractivity contribution is 7.10. The summed E-state index contributed by atoms with van der Waals surface area (Å²) in [6, 6.07) is 6.58. The summed E-state index contributed by atoms with van der Waals surface area (Å²) < 4.78 is 13.1. The zero-order valence-corrected chi connectivity index (χ0v) is 14.7. The molecular formula is C18H18ClFN2OS. The number of thiophene rings is 1. The number of carbonyl (C=O) groups excluding carboxylic acids is 1. The third-order valence-corrected chi connectivity index (χ3v) is 6.05. The van der Waals surface area contributed by atoms with Gasteiger partial charge in [0.25, 0.3) is 0 Å². The molecule has 2 aromatic rings. The average Bonchev–Trinajstić information content (AvgIpc) is 3.26. The average molecular weight is 365 g/mol. The Labute approximate surface area is 149 Å². The lowest BCUT2D eigenvalue weighted by Gasteiger charge is -2.35. The van der Waals surface area contributed by atoms with E-state index in [1.165, 1.54) is 41.5 Å². The first kappa shape index (κ1) is 16.1. The lowest BCUT2D eigenvalue weighted by atomic mass is 9.96. The fourth-order valence-corrected chi connectivity index (χ4v) is 4.63. The molecule has 3 nitrogen and oxygen atoms in total. The normalized spacial score (nSPS) is 20.7. The van der Waals surface area contributed by atoms with Gasteiger partial charge in [0, 0.05) is 17.5 Å². The molecule has 24 heavy (non-hydrogen) atoms. The molecule has 0 radical (unpaired) electrons. The first-order valence-corrected chi connectivity index (χ1v) is 9.43. The molecule has 6 heteroatoms. The van der Waals surface area contributed by atoms with Gasteiger partial charge in [0.15, 0.2) is 0 Å². The second-order valence-electron chi connectivity index (χ2n) is 6.47. The van der Waals surface area contributed by atoms with E-state index < -0.39 is 5.82 Å². The van der Waals surface area contributed by atoms with Crippen molar-refractivity contribution in [2.75, 3.05) is 18.4 Å². The van der Waals surface area contributed by atoms with Crippen molar-refractivity contribution in [2.45, 2.75) is 25.3 Å². The topological polar surface area (TPSA) is 32.3 Å². The molecule has 0 bridgehead atoms. The minimum absolute atomic E-state index is 0.104. The van der Waals surface area contributed by atoms with Gasteiger partial charge in [0.1, 0.15) is 5.82 Å². The number of hydrogen-bond donors (Lipinski definition) is 1. The molecular weight excluding hydrogens is 347 g/mol. The first-order chi connectivity index (χ1) is 11.6. The Hall–Kier alpha value is -1.43. The lowest BCUT2D eigenvalue weighted by molar-refractivity contribution is -0.118. The van der Waals surface area contributed by atoms with Crippen LogP contribution in [-0.2, 0) is 11.2 Å². The summed E-state index contributed by atoms with van der Waals surface area (Å²) in [6.07, 6.45) is 3.48. The summed E-state index contributed by atoms with van der Waals surface area (Å²) in [5, 5.41) is 5.18. The highest BCUT2D eigenvalue weighted by atomic mass is 35.5. The largest absolute Gasteiger partial charge is 0.324 e. The molecule has 126 valence electrons. The number of nitrogens with one attached hydrogen (secondary N) is 1. The molecule has 4 rings (SSSR count). The molecule has 0 spiro atoms. The van der Waals surface area contributed by atoms with Crippen molar-refractivity contribution in [3.8, 4) is 0 Å². The Morgan fingerprint density at radius 2 is 2.21 bits per heavy atom. The van der Waals surface area contributed by atoms with Gasteiger partial charge in [-0.1, -0.05) is 11.6 Å². The Bertz CT molecular complexity index is 774. The van der Waals surface area contributed by atoms with Gasteiger partial charge in [-0.3, -0.25) is 9.69 Å². The summed E-state index contributed by atoms with van der Waals surface area (Å²) in [6.45, 7) is 1.24. The fraction of sp³-hybridized carbons (Fsp3) is 0.389. The predicted octanol–water partition coefficient (Wildman–Crippen LogP) is 4.49. The minimum atomic E-state index is -0.409. The van der Waals surface area contributed by atoms with Crippen LogP contribution in [0, 0.1) is 11.7 Å². The number of fused-ring (bicyclic) bond motifs is 1. The van der Waals surface area contributed by atoms with Crippen molar-refractivity contribution in [1.82, 2.24) is 4.90 Å². The van der Waals surface area contributed by atoms with Crippen LogP contribution in [0.5, 0.6) is 0 Å². The van der Waals surface area contributed by atoms with Crippen LogP contribution >= 0.6 is 22.9 Å². The Kier molecular flexibility index (Phi) is 4.33. The molecule has 1 aliphatic carbocycles. The van der Waals surface area contributed by atoms with Gasteiger partial charge >= 0.3 is 0 Å². The highest BCUT2D eigenvalue weighted by Gasteiger charge is 2.40. The molecule has 1 aromatic carbocycles. The quantitative estimate of drug-likeness (QED) is 0.867. The third kappa shape index (κ3) is 3.21. The molecule has 1 atom stereocenters. The maximum atomic E-state index is 13.1. The summed E-state index contributed by atoms with van der Waals surface area (Å²) in [5.41, 5.74) is 1.86. The van der Waals surface area contributed by atoms with E-state index in [-0.39, 0.29) is 10.9 Å². The fourth-order valence-electron chi connectivity index (χ4n) is 3.50. The second kappa shape index (κ2) is 6.47. The minimum Gasteiger partial charge on any atom is -0.324 e. The monoisotopic (exact) mass is 364 g/mol. The van der Waals surface area contributed by atoms with Crippen LogP contribution in [0.3, 0.4) is 0 Å². The lowest BCUT2D eigenvalue weighted by Crippen LogP contribution is -2.41. The molecule has 1 aromatic heterocycles. The van der Waals surface area contributed by atoms with Gasteiger partial charge in [-0.2, -0.15) is 0 Å². The molecule has 0 unspecified atom stereocenters. The summed E-state index contributed by atoms with van der Waals surface area (Å²) in [5.74, 6) is 0.154. The van der Waals surface area contributed by atoms with Crippen molar-refractivity contribution < 1.29 is 9.18 Å². The van der Waals surface area contributed by atoms with Gasteiger partial charge in [-0.15, -0.1) is 11.3 Å². The van der Waals surface area contributed by atoms with Gasteiger partial charge < -0.3 is 5.32 Å². The van der Waals surface area contributed by atoms with E-state index in [0.29, 0.717) is 24.2 Å². The number of hydrogen-bond acceptors (Lipinski definition) is 3. The highest BCUT2D eigenvalue weighted by Crippen LogP contribution is 2.48. The number of halogens is 2. The Morgan fingerprint density at radius 3 is 2.96 bits per heavy atom. The van der Waals surface area contributed by atoms with Crippen LogP contribution in [0.15, 0.2) is 29.6 Å². The van der Waals surface area contributed by atoms with E-state index in [1.807, 2.05) is 11.3 Å². The summed E-state index contributed by atoms with van der Waals surface area (Å²) >= 11 is 7.81. The Balaban J connectivity index is 1.47. The molecule has 1 aliphatic heterocycles. The van der Waals surface area contributed by atoms with Gasteiger partial charge in [0.2, 0.25) is 5.91 Å². The first-order valence-electron chi connectivity index (χ1n) is 8.17. The van der Waals surface area contributed by atoms with E-state index >= 15 is 0 Å². The van der Waals surface area contributed by atoms with E-state index in [1.54, 1.807) is 0 Å².